The number of rotatable bonds is 6. The molecule has 5 heteroatoms. The van der Waals surface area contributed by atoms with Gasteiger partial charge in [-0.1, -0.05) is 6.07 Å². The molecule has 4 nitrogen and oxygen atoms in total. The van der Waals surface area contributed by atoms with Crippen molar-refractivity contribution in [2.45, 2.75) is 32.4 Å². The fourth-order valence-corrected chi connectivity index (χ4v) is 1.44. The summed E-state index contributed by atoms with van der Waals surface area (Å²) in [7, 11) is 0. The predicted octanol–water partition coefficient (Wildman–Crippen LogP) is 1.45. The van der Waals surface area contributed by atoms with Gasteiger partial charge in [0.2, 0.25) is 5.91 Å². The van der Waals surface area contributed by atoms with Gasteiger partial charge in [0.15, 0.2) is 0 Å². The molecular formula is C13H19FN2O2. The van der Waals surface area contributed by atoms with E-state index < -0.39 is 0 Å². The Morgan fingerprint density at radius 1 is 1.50 bits per heavy atom. The van der Waals surface area contributed by atoms with Crippen LogP contribution >= 0.6 is 0 Å². The molecule has 100 valence electrons. The number of nitrogens with one attached hydrogen (secondary N) is 1. The van der Waals surface area contributed by atoms with Crippen molar-refractivity contribution in [1.82, 2.24) is 5.32 Å². The number of hydrogen-bond acceptors (Lipinski definition) is 3. The number of carbonyl (C=O) groups excluding carboxylic acids is 1. The molecule has 0 heterocycles. The molecule has 0 fully saturated rings. The number of amides is 1. The van der Waals surface area contributed by atoms with Crippen LogP contribution in [0.5, 0.6) is 5.75 Å². The van der Waals surface area contributed by atoms with Crippen molar-refractivity contribution in [3.63, 3.8) is 0 Å². The fraction of sp³-hybridized carbons (Fsp3) is 0.462. The van der Waals surface area contributed by atoms with Crippen LogP contribution in [0.1, 0.15) is 20.3 Å². The lowest BCUT2D eigenvalue weighted by atomic mass is 10.2. The summed E-state index contributed by atoms with van der Waals surface area (Å²) in [5.74, 6) is -0.00988. The van der Waals surface area contributed by atoms with E-state index in [0.29, 0.717) is 12.3 Å². The lowest BCUT2D eigenvalue weighted by Gasteiger charge is -2.16. The van der Waals surface area contributed by atoms with E-state index in [4.69, 9.17) is 10.5 Å². The topological polar surface area (TPSA) is 64.4 Å². The second-order valence-corrected chi connectivity index (χ2v) is 4.37. The van der Waals surface area contributed by atoms with Crippen LogP contribution in [0.4, 0.5) is 4.39 Å². The van der Waals surface area contributed by atoms with Crippen molar-refractivity contribution in [2.24, 2.45) is 5.73 Å². The van der Waals surface area contributed by atoms with Crippen molar-refractivity contribution in [2.75, 3.05) is 6.54 Å². The van der Waals surface area contributed by atoms with Crippen LogP contribution in [-0.4, -0.2) is 24.6 Å². The molecule has 0 aliphatic rings. The number of carbonyl (C=O) groups is 1. The molecule has 0 saturated heterocycles. The van der Waals surface area contributed by atoms with Gasteiger partial charge >= 0.3 is 0 Å². The third-order valence-corrected chi connectivity index (χ3v) is 2.23. The molecule has 3 N–H and O–H groups in total. The Bertz CT molecular complexity index is 396. The van der Waals surface area contributed by atoms with E-state index in [9.17, 15) is 9.18 Å². The summed E-state index contributed by atoms with van der Waals surface area (Å²) in [6, 6.07) is 5.74. The average Bonchev–Trinajstić information content (AvgIpc) is 2.25. The monoisotopic (exact) mass is 254 g/mol. The van der Waals surface area contributed by atoms with E-state index in [-0.39, 0.29) is 30.3 Å². The number of halogens is 1. The fourth-order valence-electron chi connectivity index (χ4n) is 1.44. The maximum Gasteiger partial charge on any atom is 0.221 e. The Labute approximate surface area is 106 Å². The summed E-state index contributed by atoms with van der Waals surface area (Å²) >= 11 is 0. The molecular weight excluding hydrogens is 235 g/mol. The Balaban J connectivity index is 2.33. The van der Waals surface area contributed by atoms with Crippen molar-refractivity contribution >= 4 is 5.91 Å². The van der Waals surface area contributed by atoms with Crippen LogP contribution in [0.25, 0.3) is 0 Å². The third-order valence-electron chi connectivity index (χ3n) is 2.23. The highest BCUT2D eigenvalue weighted by Crippen LogP contribution is 2.13. The van der Waals surface area contributed by atoms with E-state index >= 15 is 0 Å². The number of hydrogen-bond donors (Lipinski definition) is 2. The van der Waals surface area contributed by atoms with E-state index in [1.807, 2.05) is 0 Å². The molecule has 0 spiro atoms. The normalized spacial score (nSPS) is 13.8. The molecule has 0 radical (unpaired) electrons. The first-order valence-electron chi connectivity index (χ1n) is 5.92. The van der Waals surface area contributed by atoms with E-state index in [1.54, 1.807) is 26.0 Å². The predicted molar refractivity (Wildman–Crippen MR) is 67.8 cm³/mol. The van der Waals surface area contributed by atoms with Gasteiger partial charge in [0, 0.05) is 18.5 Å². The van der Waals surface area contributed by atoms with Gasteiger partial charge in [-0.15, -0.1) is 0 Å². The summed E-state index contributed by atoms with van der Waals surface area (Å²) in [5.41, 5.74) is 5.51. The number of benzene rings is 1. The van der Waals surface area contributed by atoms with Crippen LogP contribution < -0.4 is 15.8 Å². The molecule has 1 amide bonds. The highest BCUT2D eigenvalue weighted by Gasteiger charge is 2.08. The van der Waals surface area contributed by atoms with Gasteiger partial charge in [0.25, 0.3) is 0 Å². The lowest BCUT2D eigenvalue weighted by Crippen LogP contribution is -2.36. The number of ether oxygens (including phenoxy) is 1. The minimum absolute atomic E-state index is 0.111. The van der Waals surface area contributed by atoms with Crippen LogP contribution in [0.15, 0.2) is 24.3 Å². The van der Waals surface area contributed by atoms with Gasteiger partial charge in [-0.05, 0) is 26.0 Å². The number of nitrogens with two attached hydrogens (primary N) is 1. The zero-order chi connectivity index (χ0) is 13.5. The zero-order valence-corrected chi connectivity index (χ0v) is 10.7. The van der Waals surface area contributed by atoms with Crippen LogP contribution in [0.3, 0.4) is 0 Å². The van der Waals surface area contributed by atoms with Crippen molar-refractivity contribution in [3.8, 4) is 5.75 Å². The molecule has 0 saturated carbocycles. The molecule has 2 atom stereocenters. The van der Waals surface area contributed by atoms with Gasteiger partial charge in [0.05, 0.1) is 6.54 Å². The SMILES string of the molecule is CC(N)CC(=O)NCC(C)Oc1cccc(F)c1. The first-order valence-corrected chi connectivity index (χ1v) is 5.92. The molecule has 0 bridgehead atoms. The minimum Gasteiger partial charge on any atom is -0.489 e. The van der Waals surface area contributed by atoms with Crippen LogP contribution in [-0.2, 0) is 4.79 Å². The van der Waals surface area contributed by atoms with Gasteiger partial charge in [-0.25, -0.2) is 4.39 Å². The first kappa shape index (κ1) is 14.4. The summed E-state index contributed by atoms with van der Waals surface area (Å²) in [6.45, 7) is 3.94. The van der Waals surface area contributed by atoms with Crippen LogP contribution in [0, 0.1) is 5.82 Å². The maximum absolute atomic E-state index is 12.9. The van der Waals surface area contributed by atoms with E-state index in [1.165, 1.54) is 12.1 Å². The minimum atomic E-state index is -0.347. The molecule has 0 aliphatic carbocycles. The van der Waals surface area contributed by atoms with Gasteiger partial charge in [-0.3, -0.25) is 4.79 Å². The second kappa shape index (κ2) is 6.96. The van der Waals surface area contributed by atoms with Gasteiger partial charge < -0.3 is 15.8 Å². The summed E-state index contributed by atoms with van der Waals surface area (Å²) in [4.78, 5) is 11.4. The zero-order valence-electron chi connectivity index (χ0n) is 10.7. The molecule has 1 aromatic rings. The highest BCUT2D eigenvalue weighted by atomic mass is 19.1. The van der Waals surface area contributed by atoms with Crippen molar-refractivity contribution < 1.29 is 13.9 Å². The largest absolute Gasteiger partial charge is 0.489 e. The van der Waals surface area contributed by atoms with Crippen molar-refractivity contribution in [3.05, 3.63) is 30.1 Å². The van der Waals surface area contributed by atoms with Crippen LogP contribution in [0.2, 0.25) is 0 Å². The average molecular weight is 254 g/mol. The lowest BCUT2D eigenvalue weighted by molar-refractivity contribution is -0.121. The van der Waals surface area contributed by atoms with E-state index in [2.05, 4.69) is 5.32 Å². The van der Waals surface area contributed by atoms with Gasteiger partial charge in [-0.2, -0.15) is 0 Å². The summed E-state index contributed by atoms with van der Waals surface area (Å²) in [5, 5.41) is 2.71. The quantitative estimate of drug-likeness (QED) is 0.807. The second-order valence-electron chi connectivity index (χ2n) is 4.37. The molecule has 18 heavy (non-hydrogen) atoms. The summed E-state index contributed by atoms with van der Waals surface area (Å²) in [6.07, 6.45) is 0.0518. The Hall–Kier alpha value is -1.62. The van der Waals surface area contributed by atoms with Gasteiger partial charge in [0.1, 0.15) is 17.7 Å². The Morgan fingerprint density at radius 3 is 2.83 bits per heavy atom. The molecule has 2 unspecified atom stereocenters. The smallest absolute Gasteiger partial charge is 0.221 e. The Morgan fingerprint density at radius 2 is 2.22 bits per heavy atom. The third kappa shape index (κ3) is 5.63. The summed E-state index contributed by atoms with van der Waals surface area (Å²) < 4.78 is 18.4. The highest BCUT2D eigenvalue weighted by molar-refractivity contribution is 5.76. The van der Waals surface area contributed by atoms with Crippen molar-refractivity contribution in [1.29, 1.82) is 0 Å². The first-order chi connectivity index (χ1) is 8.47. The molecule has 0 aliphatic heterocycles. The molecule has 1 aromatic carbocycles. The maximum atomic E-state index is 12.9. The molecule has 1 rings (SSSR count). The van der Waals surface area contributed by atoms with E-state index in [0.717, 1.165) is 0 Å². The standard InChI is InChI=1S/C13H19FN2O2/c1-9(15)6-13(17)16-8-10(2)18-12-5-3-4-11(14)7-12/h3-5,7,9-10H,6,8,15H2,1-2H3,(H,16,17). The Kier molecular flexibility index (Phi) is 5.58. The molecule has 0 aromatic heterocycles.